The second kappa shape index (κ2) is 7.31. The number of rotatable bonds is 5. The third-order valence-corrected chi connectivity index (χ3v) is 3.49. The zero-order valence-corrected chi connectivity index (χ0v) is 13.1. The first kappa shape index (κ1) is 17.7. The van der Waals surface area contributed by atoms with Crippen molar-refractivity contribution in [1.82, 2.24) is 14.7 Å². The van der Waals surface area contributed by atoms with Crippen molar-refractivity contribution in [2.24, 2.45) is 0 Å². The van der Waals surface area contributed by atoms with E-state index >= 15 is 0 Å². The average molecular weight is 335 g/mol. The molecule has 0 spiro atoms. The molecule has 6 nitrogen and oxygen atoms in total. The van der Waals surface area contributed by atoms with E-state index in [0.29, 0.717) is 25.5 Å². The number of aryl methyl sites for hydroxylation is 1. The maximum atomic E-state index is 12.8. The lowest BCUT2D eigenvalue weighted by molar-refractivity contribution is -0.233. The van der Waals surface area contributed by atoms with Crippen LogP contribution in [0.15, 0.2) is 6.07 Å². The summed E-state index contributed by atoms with van der Waals surface area (Å²) in [6.45, 7) is 4.36. The highest BCUT2D eigenvalue weighted by molar-refractivity contribution is 5.92. The van der Waals surface area contributed by atoms with Gasteiger partial charge in [0.2, 0.25) is 0 Å². The van der Waals surface area contributed by atoms with Crippen LogP contribution in [0.4, 0.5) is 13.2 Å². The van der Waals surface area contributed by atoms with E-state index in [1.54, 1.807) is 13.0 Å². The minimum Gasteiger partial charge on any atom is -0.380 e. The fourth-order valence-corrected chi connectivity index (χ4v) is 2.38. The Balaban J connectivity index is 2.10. The Labute approximate surface area is 132 Å². The van der Waals surface area contributed by atoms with E-state index in [1.807, 2.05) is 6.92 Å². The van der Waals surface area contributed by atoms with Gasteiger partial charge in [-0.1, -0.05) is 0 Å². The van der Waals surface area contributed by atoms with E-state index in [9.17, 15) is 18.0 Å². The number of morpholine rings is 1. The zero-order valence-electron chi connectivity index (χ0n) is 13.1. The molecule has 1 fully saturated rings. The number of halogens is 3. The molecule has 0 unspecified atom stereocenters. The maximum Gasteiger partial charge on any atom is 0.416 e. The van der Waals surface area contributed by atoms with E-state index in [0.717, 1.165) is 4.90 Å². The van der Waals surface area contributed by atoms with Crippen molar-refractivity contribution in [3.8, 4) is 0 Å². The van der Waals surface area contributed by atoms with Crippen molar-refractivity contribution < 1.29 is 27.4 Å². The highest BCUT2D eigenvalue weighted by Gasteiger charge is 2.44. The normalized spacial score (nSPS) is 19.2. The van der Waals surface area contributed by atoms with E-state index in [2.05, 4.69) is 5.10 Å². The first-order valence-electron chi connectivity index (χ1n) is 7.42. The van der Waals surface area contributed by atoms with Crippen LogP contribution in [-0.2, 0) is 16.0 Å². The molecule has 1 aromatic rings. The van der Waals surface area contributed by atoms with Gasteiger partial charge in [0, 0.05) is 13.2 Å². The minimum absolute atomic E-state index is 0.126. The number of carbonyl (C=O) groups excluding carboxylic acids is 1. The highest BCUT2D eigenvalue weighted by Crippen LogP contribution is 2.26. The smallest absolute Gasteiger partial charge is 0.380 e. The molecule has 23 heavy (non-hydrogen) atoms. The standard InChI is InChI=1S/C14H20F3N3O3/c1-3-22-6-5-20-11(8-10(2)18-20)13(21)19-4-7-23-12(9-19)14(15,16)17/h8,12H,3-7,9H2,1-2H3/t12-/m0/s1. The Hall–Kier alpha value is -1.61. The van der Waals surface area contributed by atoms with Crippen molar-refractivity contribution in [1.29, 1.82) is 0 Å². The molecule has 1 aliphatic rings. The largest absolute Gasteiger partial charge is 0.416 e. The molecule has 2 heterocycles. The predicted octanol–water partition coefficient (Wildman–Crippen LogP) is 1.63. The van der Waals surface area contributed by atoms with E-state index in [1.165, 1.54) is 4.68 Å². The molecular formula is C14H20F3N3O3. The third-order valence-electron chi connectivity index (χ3n) is 3.49. The number of hydrogen-bond acceptors (Lipinski definition) is 4. The van der Waals surface area contributed by atoms with Crippen molar-refractivity contribution in [2.75, 3.05) is 32.9 Å². The summed E-state index contributed by atoms with van der Waals surface area (Å²) in [5, 5.41) is 4.20. The van der Waals surface area contributed by atoms with Gasteiger partial charge < -0.3 is 14.4 Å². The summed E-state index contributed by atoms with van der Waals surface area (Å²) in [6, 6.07) is 1.58. The minimum atomic E-state index is -4.48. The Morgan fingerprint density at radius 3 is 2.91 bits per heavy atom. The van der Waals surface area contributed by atoms with Crippen molar-refractivity contribution >= 4 is 5.91 Å². The molecule has 0 bridgehead atoms. The van der Waals surface area contributed by atoms with Crippen LogP contribution in [0.2, 0.25) is 0 Å². The van der Waals surface area contributed by atoms with Crippen LogP contribution in [0.1, 0.15) is 23.1 Å². The van der Waals surface area contributed by atoms with Gasteiger partial charge in [-0.2, -0.15) is 18.3 Å². The Kier molecular flexibility index (Phi) is 5.64. The fourth-order valence-electron chi connectivity index (χ4n) is 2.38. The summed E-state index contributed by atoms with van der Waals surface area (Å²) in [5.41, 5.74) is 0.899. The van der Waals surface area contributed by atoms with Crippen LogP contribution in [0, 0.1) is 6.92 Å². The molecular weight excluding hydrogens is 315 g/mol. The van der Waals surface area contributed by atoms with Gasteiger partial charge in [0.05, 0.1) is 32.0 Å². The fraction of sp³-hybridized carbons (Fsp3) is 0.714. The van der Waals surface area contributed by atoms with Gasteiger partial charge >= 0.3 is 6.18 Å². The molecule has 2 rings (SSSR count). The Morgan fingerprint density at radius 2 is 2.26 bits per heavy atom. The third kappa shape index (κ3) is 4.44. The molecule has 0 aliphatic carbocycles. The second-order valence-corrected chi connectivity index (χ2v) is 5.24. The molecule has 1 atom stereocenters. The van der Waals surface area contributed by atoms with Gasteiger partial charge in [0.1, 0.15) is 5.69 Å². The van der Waals surface area contributed by atoms with Gasteiger partial charge in [0.15, 0.2) is 6.10 Å². The average Bonchev–Trinajstić information content (AvgIpc) is 2.87. The van der Waals surface area contributed by atoms with E-state index < -0.39 is 24.7 Å². The lowest BCUT2D eigenvalue weighted by Gasteiger charge is -2.33. The van der Waals surface area contributed by atoms with Crippen LogP contribution < -0.4 is 0 Å². The number of alkyl halides is 3. The van der Waals surface area contributed by atoms with Crippen molar-refractivity contribution in [3.05, 3.63) is 17.5 Å². The highest BCUT2D eigenvalue weighted by atomic mass is 19.4. The quantitative estimate of drug-likeness (QED) is 0.768. The molecule has 1 aliphatic heterocycles. The molecule has 0 radical (unpaired) electrons. The van der Waals surface area contributed by atoms with Crippen LogP contribution >= 0.6 is 0 Å². The summed E-state index contributed by atoms with van der Waals surface area (Å²) in [4.78, 5) is 13.7. The van der Waals surface area contributed by atoms with Gasteiger partial charge in [-0.15, -0.1) is 0 Å². The Bertz CT molecular complexity index is 545. The summed E-state index contributed by atoms with van der Waals surface area (Å²) in [7, 11) is 0. The number of nitrogens with zero attached hydrogens (tertiary/aromatic N) is 3. The van der Waals surface area contributed by atoms with Gasteiger partial charge in [-0.3, -0.25) is 9.48 Å². The summed E-state index contributed by atoms with van der Waals surface area (Å²) in [5.74, 6) is -0.473. The van der Waals surface area contributed by atoms with Gasteiger partial charge in [-0.05, 0) is 19.9 Å². The van der Waals surface area contributed by atoms with E-state index in [4.69, 9.17) is 9.47 Å². The van der Waals surface area contributed by atoms with Crippen molar-refractivity contribution in [3.63, 3.8) is 0 Å². The number of hydrogen-bond donors (Lipinski definition) is 0. The van der Waals surface area contributed by atoms with Crippen LogP contribution in [0.25, 0.3) is 0 Å². The lowest BCUT2D eigenvalue weighted by Crippen LogP contribution is -2.51. The molecule has 130 valence electrons. The van der Waals surface area contributed by atoms with E-state index in [-0.39, 0.29) is 18.8 Å². The second-order valence-electron chi connectivity index (χ2n) is 5.24. The lowest BCUT2D eigenvalue weighted by atomic mass is 10.2. The van der Waals surface area contributed by atoms with Gasteiger partial charge in [0.25, 0.3) is 5.91 Å². The maximum absolute atomic E-state index is 12.8. The molecule has 9 heteroatoms. The first-order chi connectivity index (χ1) is 10.8. The Morgan fingerprint density at radius 1 is 1.52 bits per heavy atom. The number of carbonyl (C=O) groups is 1. The SMILES string of the molecule is CCOCCn1nc(C)cc1C(=O)N1CCO[C@H](C(F)(F)F)C1. The summed E-state index contributed by atoms with van der Waals surface area (Å²) < 4.78 is 49.7. The molecule has 1 aromatic heterocycles. The summed E-state index contributed by atoms with van der Waals surface area (Å²) in [6.07, 6.45) is -6.43. The number of aromatic nitrogens is 2. The first-order valence-corrected chi connectivity index (χ1v) is 7.42. The van der Waals surface area contributed by atoms with Crippen LogP contribution in [0.5, 0.6) is 0 Å². The molecule has 0 aromatic carbocycles. The monoisotopic (exact) mass is 335 g/mol. The number of ether oxygens (including phenoxy) is 2. The van der Waals surface area contributed by atoms with Crippen LogP contribution in [0.3, 0.4) is 0 Å². The molecule has 1 amide bonds. The van der Waals surface area contributed by atoms with Gasteiger partial charge in [-0.25, -0.2) is 0 Å². The summed E-state index contributed by atoms with van der Waals surface area (Å²) >= 11 is 0. The van der Waals surface area contributed by atoms with Crippen LogP contribution in [-0.4, -0.2) is 65.8 Å². The molecule has 0 saturated carbocycles. The zero-order chi connectivity index (χ0) is 17.0. The number of amides is 1. The van der Waals surface area contributed by atoms with Crippen molar-refractivity contribution in [2.45, 2.75) is 32.7 Å². The topological polar surface area (TPSA) is 56.6 Å². The molecule has 0 N–H and O–H groups in total. The molecule has 1 saturated heterocycles. The predicted molar refractivity (Wildman–Crippen MR) is 75.2 cm³/mol.